The summed E-state index contributed by atoms with van der Waals surface area (Å²) in [7, 11) is 0. The standard InChI is InChI=1S/C18H23FN2O3/c1-17(2,3)23-16(22)21-10-8-18(9-11-21)12-15(20-24-18)13-4-6-14(19)7-5-13/h4-7H,8-12H2,1-3H3. The molecular weight excluding hydrogens is 311 g/mol. The van der Waals surface area contributed by atoms with E-state index in [0.717, 1.165) is 11.3 Å². The highest BCUT2D eigenvalue weighted by molar-refractivity contribution is 6.01. The molecule has 1 spiro atoms. The zero-order chi connectivity index (χ0) is 17.4. The van der Waals surface area contributed by atoms with Crippen LogP contribution in [-0.2, 0) is 9.57 Å². The van der Waals surface area contributed by atoms with Crippen molar-refractivity contribution in [3.05, 3.63) is 35.6 Å². The molecule has 0 N–H and O–H groups in total. The van der Waals surface area contributed by atoms with Crippen LogP contribution >= 0.6 is 0 Å². The number of ether oxygens (including phenoxy) is 1. The first-order valence-corrected chi connectivity index (χ1v) is 8.25. The quantitative estimate of drug-likeness (QED) is 0.786. The lowest BCUT2D eigenvalue weighted by Gasteiger charge is -2.37. The number of hydrogen-bond acceptors (Lipinski definition) is 4. The minimum atomic E-state index is -0.491. The van der Waals surface area contributed by atoms with Crippen molar-refractivity contribution < 1.29 is 18.8 Å². The fourth-order valence-corrected chi connectivity index (χ4v) is 3.01. The smallest absolute Gasteiger partial charge is 0.410 e. The van der Waals surface area contributed by atoms with E-state index >= 15 is 0 Å². The average molecular weight is 334 g/mol. The molecule has 2 aliphatic heterocycles. The van der Waals surface area contributed by atoms with E-state index < -0.39 is 5.60 Å². The fourth-order valence-electron chi connectivity index (χ4n) is 3.01. The number of amides is 1. The van der Waals surface area contributed by atoms with Gasteiger partial charge in [-0.05, 0) is 38.5 Å². The minimum absolute atomic E-state index is 0.265. The molecule has 1 saturated heterocycles. The molecule has 0 unspecified atom stereocenters. The highest BCUT2D eigenvalue weighted by Gasteiger charge is 2.43. The van der Waals surface area contributed by atoms with Gasteiger partial charge >= 0.3 is 6.09 Å². The Labute approximate surface area is 141 Å². The van der Waals surface area contributed by atoms with Crippen molar-refractivity contribution in [1.29, 1.82) is 0 Å². The third-order valence-corrected chi connectivity index (χ3v) is 4.34. The lowest BCUT2D eigenvalue weighted by Crippen LogP contribution is -2.48. The molecule has 0 atom stereocenters. The molecule has 24 heavy (non-hydrogen) atoms. The Kier molecular flexibility index (Phi) is 4.24. The molecule has 0 aliphatic carbocycles. The van der Waals surface area contributed by atoms with Crippen LogP contribution in [0.4, 0.5) is 9.18 Å². The van der Waals surface area contributed by atoms with Gasteiger partial charge in [0.15, 0.2) is 0 Å². The van der Waals surface area contributed by atoms with Gasteiger partial charge in [-0.25, -0.2) is 9.18 Å². The van der Waals surface area contributed by atoms with Crippen molar-refractivity contribution in [2.75, 3.05) is 13.1 Å². The van der Waals surface area contributed by atoms with E-state index in [2.05, 4.69) is 5.16 Å². The molecule has 1 aromatic rings. The SMILES string of the molecule is CC(C)(C)OC(=O)N1CCC2(CC1)CC(c1ccc(F)cc1)=NO2. The Morgan fingerprint density at radius 2 is 1.88 bits per heavy atom. The van der Waals surface area contributed by atoms with Crippen LogP contribution in [-0.4, -0.2) is 41.0 Å². The first-order valence-electron chi connectivity index (χ1n) is 8.25. The van der Waals surface area contributed by atoms with E-state index in [1.807, 2.05) is 20.8 Å². The van der Waals surface area contributed by atoms with Gasteiger partial charge in [-0.3, -0.25) is 0 Å². The minimum Gasteiger partial charge on any atom is -0.444 e. The Hall–Kier alpha value is -2.11. The van der Waals surface area contributed by atoms with Crippen LogP contribution in [0, 0.1) is 5.82 Å². The Morgan fingerprint density at radius 1 is 1.25 bits per heavy atom. The first-order chi connectivity index (χ1) is 11.3. The lowest BCUT2D eigenvalue weighted by atomic mass is 9.85. The van der Waals surface area contributed by atoms with Gasteiger partial charge in [0.25, 0.3) is 0 Å². The van der Waals surface area contributed by atoms with Gasteiger partial charge in [-0.2, -0.15) is 0 Å². The van der Waals surface area contributed by atoms with Crippen LogP contribution < -0.4 is 0 Å². The van der Waals surface area contributed by atoms with Gasteiger partial charge in [0.05, 0.1) is 5.71 Å². The van der Waals surface area contributed by atoms with Gasteiger partial charge < -0.3 is 14.5 Å². The summed E-state index contributed by atoms with van der Waals surface area (Å²) in [5.41, 5.74) is 0.862. The predicted octanol–water partition coefficient (Wildman–Crippen LogP) is 3.72. The maximum Gasteiger partial charge on any atom is 0.410 e. The summed E-state index contributed by atoms with van der Waals surface area (Å²) in [5.74, 6) is -0.265. The summed E-state index contributed by atoms with van der Waals surface area (Å²) in [6.07, 6.45) is 1.82. The molecule has 3 rings (SSSR count). The monoisotopic (exact) mass is 334 g/mol. The summed E-state index contributed by atoms with van der Waals surface area (Å²) in [6, 6.07) is 6.28. The highest BCUT2D eigenvalue weighted by atomic mass is 19.1. The maximum absolute atomic E-state index is 13.0. The highest BCUT2D eigenvalue weighted by Crippen LogP contribution is 2.36. The van der Waals surface area contributed by atoms with E-state index in [1.54, 1.807) is 17.0 Å². The molecule has 1 aromatic carbocycles. The molecule has 1 fully saturated rings. The molecule has 130 valence electrons. The number of oxime groups is 1. The summed E-state index contributed by atoms with van der Waals surface area (Å²) < 4.78 is 18.4. The van der Waals surface area contributed by atoms with Gasteiger partial charge in [0, 0.05) is 32.4 Å². The van der Waals surface area contributed by atoms with Gasteiger partial charge in [0.1, 0.15) is 17.0 Å². The summed E-state index contributed by atoms with van der Waals surface area (Å²) in [5, 5.41) is 4.20. The second-order valence-corrected chi connectivity index (χ2v) is 7.46. The maximum atomic E-state index is 13.0. The number of hydrogen-bond donors (Lipinski definition) is 0. The molecule has 2 heterocycles. The third-order valence-electron chi connectivity index (χ3n) is 4.34. The van der Waals surface area contributed by atoms with E-state index in [-0.39, 0.29) is 17.5 Å². The normalized spacial score (nSPS) is 19.8. The molecule has 5 nitrogen and oxygen atoms in total. The zero-order valence-corrected chi connectivity index (χ0v) is 14.3. The molecule has 0 radical (unpaired) electrons. The van der Waals surface area contributed by atoms with E-state index in [0.29, 0.717) is 32.4 Å². The fraction of sp³-hybridized carbons (Fsp3) is 0.556. The third kappa shape index (κ3) is 3.68. The van der Waals surface area contributed by atoms with Crippen LogP contribution in [0.15, 0.2) is 29.4 Å². The van der Waals surface area contributed by atoms with Crippen molar-refractivity contribution in [3.8, 4) is 0 Å². The van der Waals surface area contributed by atoms with Gasteiger partial charge in [-0.1, -0.05) is 17.3 Å². The van der Waals surface area contributed by atoms with Crippen LogP contribution in [0.1, 0.15) is 45.6 Å². The molecule has 1 amide bonds. The number of halogens is 1. The van der Waals surface area contributed by atoms with E-state index in [1.165, 1.54) is 12.1 Å². The molecular formula is C18H23FN2O3. The second kappa shape index (κ2) is 6.07. The topological polar surface area (TPSA) is 51.1 Å². The molecule has 0 bridgehead atoms. The molecule has 0 aromatic heterocycles. The number of piperidine rings is 1. The second-order valence-electron chi connectivity index (χ2n) is 7.46. The van der Waals surface area contributed by atoms with Crippen LogP contribution in [0.5, 0.6) is 0 Å². The molecule has 6 heteroatoms. The number of benzene rings is 1. The summed E-state index contributed by atoms with van der Waals surface area (Å²) >= 11 is 0. The van der Waals surface area contributed by atoms with Crippen molar-refractivity contribution >= 4 is 11.8 Å². The Balaban J connectivity index is 1.57. The van der Waals surface area contributed by atoms with E-state index in [9.17, 15) is 9.18 Å². The zero-order valence-electron chi connectivity index (χ0n) is 14.3. The lowest BCUT2D eigenvalue weighted by molar-refractivity contribution is -0.0639. The summed E-state index contributed by atoms with van der Waals surface area (Å²) in [6.45, 7) is 6.75. The number of rotatable bonds is 1. The van der Waals surface area contributed by atoms with Crippen LogP contribution in [0.2, 0.25) is 0 Å². The number of carbonyl (C=O) groups excluding carboxylic acids is 1. The van der Waals surface area contributed by atoms with Crippen molar-refractivity contribution in [1.82, 2.24) is 4.90 Å². The predicted molar refractivity (Wildman–Crippen MR) is 88.4 cm³/mol. The average Bonchev–Trinajstić information content (AvgIpc) is 2.91. The largest absolute Gasteiger partial charge is 0.444 e. The Morgan fingerprint density at radius 3 is 2.46 bits per heavy atom. The Bertz CT molecular complexity index is 641. The number of likely N-dealkylation sites (tertiary alicyclic amines) is 1. The van der Waals surface area contributed by atoms with Crippen molar-refractivity contribution in [2.45, 2.75) is 51.2 Å². The van der Waals surface area contributed by atoms with Crippen molar-refractivity contribution in [3.63, 3.8) is 0 Å². The summed E-state index contributed by atoms with van der Waals surface area (Å²) in [4.78, 5) is 19.6. The van der Waals surface area contributed by atoms with Gasteiger partial charge in [0.2, 0.25) is 0 Å². The number of carbonyl (C=O) groups is 1. The van der Waals surface area contributed by atoms with Crippen LogP contribution in [0.3, 0.4) is 0 Å². The molecule has 0 saturated carbocycles. The molecule has 2 aliphatic rings. The van der Waals surface area contributed by atoms with Crippen LogP contribution in [0.25, 0.3) is 0 Å². The number of nitrogens with zero attached hydrogens (tertiary/aromatic N) is 2. The van der Waals surface area contributed by atoms with Crippen molar-refractivity contribution in [2.24, 2.45) is 5.16 Å². The first kappa shape index (κ1) is 16.7. The van der Waals surface area contributed by atoms with E-state index in [4.69, 9.17) is 9.57 Å². The van der Waals surface area contributed by atoms with Gasteiger partial charge in [-0.15, -0.1) is 0 Å².